The molecular formula is C113H131N13O9S2. The number of aryl methyl sites for hydroxylation is 5. The molecule has 8 aliphatic rings. The minimum absolute atomic E-state index is 0.0194. The normalized spacial score (nSPS) is 23.4. The van der Waals surface area contributed by atoms with Crippen molar-refractivity contribution in [3.05, 3.63) is 347 Å². The zero-order valence-corrected chi connectivity index (χ0v) is 81.7. The van der Waals surface area contributed by atoms with E-state index in [0.29, 0.717) is 67.8 Å². The third-order valence-corrected chi connectivity index (χ3v) is 33.2. The summed E-state index contributed by atoms with van der Waals surface area (Å²) in [4.78, 5) is 44.6. The highest BCUT2D eigenvalue weighted by Gasteiger charge is 2.54. The number of sulfonamides is 2. The fourth-order valence-electron chi connectivity index (χ4n) is 22.4. The van der Waals surface area contributed by atoms with Crippen LogP contribution in [0, 0.1) is 39.5 Å². The van der Waals surface area contributed by atoms with Crippen molar-refractivity contribution in [1.29, 1.82) is 0 Å². The van der Waals surface area contributed by atoms with Gasteiger partial charge >= 0.3 is 0 Å². The van der Waals surface area contributed by atoms with E-state index in [1.807, 2.05) is 73.8 Å². The van der Waals surface area contributed by atoms with Gasteiger partial charge in [0.1, 0.15) is 6.33 Å². The Labute approximate surface area is 810 Å². The lowest BCUT2D eigenvalue weighted by atomic mass is 9.74. The molecule has 12 aromatic rings. The fraction of sp³-hybridized carbons (Fsp3) is 0.389. The zero-order valence-electron chi connectivity index (χ0n) is 80.0. The Morgan fingerprint density at radius 2 is 0.825 bits per heavy atom. The number of amides is 1. The fourth-order valence-corrected chi connectivity index (χ4v) is 25.6. The number of hydrogen-bond donors (Lipinski definition) is 2. The number of carbonyl (C=O) groups is 1. The van der Waals surface area contributed by atoms with Gasteiger partial charge in [-0.25, -0.2) is 31.8 Å². The van der Waals surface area contributed by atoms with E-state index in [1.54, 1.807) is 82.8 Å². The van der Waals surface area contributed by atoms with Gasteiger partial charge in [-0.1, -0.05) is 223 Å². The third kappa shape index (κ3) is 22.5. The second-order valence-electron chi connectivity index (χ2n) is 38.2. The molecule has 0 bridgehead atoms. The molecule has 20 rings (SSSR count). The summed E-state index contributed by atoms with van der Waals surface area (Å²) in [7, 11) is -1.88. The van der Waals surface area contributed by atoms with Crippen LogP contribution < -0.4 is 0 Å². The number of aromatic nitrogens is 5. The van der Waals surface area contributed by atoms with Crippen LogP contribution in [-0.2, 0) is 43.1 Å². The van der Waals surface area contributed by atoms with Crippen LogP contribution in [0.1, 0.15) is 147 Å². The molecule has 11 heterocycles. The smallest absolute Gasteiger partial charge is 0.262 e. The first kappa shape index (κ1) is 97.6. The van der Waals surface area contributed by atoms with Crippen LogP contribution in [0.3, 0.4) is 0 Å². The molecule has 0 aliphatic carbocycles. The van der Waals surface area contributed by atoms with E-state index in [0.717, 1.165) is 125 Å². The van der Waals surface area contributed by atoms with Gasteiger partial charge in [-0.05, 0) is 215 Å². The second kappa shape index (κ2) is 45.2. The topological polar surface area (TPSA) is 227 Å². The molecule has 0 unspecified atom stereocenters. The Morgan fingerprint density at radius 3 is 1.28 bits per heavy atom. The number of aliphatic hydroxyl groups excluding tert-OH is 2. The molecule has 0 saturated carbocycles. The molecule has 24 heteroatoms. The molecule has 8 saturated heterocycles. The number of fused-ring (bicyclic) bond motifs is 4. The molecule has 0 radical (unpaired) electrons. The number of ether oxygens (including phenoxy) is 2. The van der Waals surface area contributed by atoms with E-state index in [4.69, 9.17) is 9.47 Å². The lowest BCUT2D eigenvalue weighted by Crippen LogP contribution is -2.68. The predicted molar refractivity (Wildman–Crippen MR) is 541 cm³/mol. The summed E-state index contributed by atoms with van der Waals surface area (Å²) >= 11 is 0. The van der Waals surface area contributed by atoms with Crippen molar-refractivity contribution >= 4 is 26.0 Å². The first-order valence-electron chi connectivity index (χ1n) is 48.9. The van der Waals surface area contributed by atoms with Crippen molar-refractivity contribution < 1.29 is 41.3 Å². The molecule has 22 nitrogen and oxygen atoms in total. The van der Waals surface area contributed by atoms with Gasteiger partial charge in [0.25, 0.3) is 15.9 Å². The number of methoxy groups -OCH3 is 2. The Kier molecular flexibility index (Phi) is 32.2. The highest BCUT2D eigenvalue weighted by atomic mass is 32.2. The third-order valence-electron chi connectivity index (χ3n) is 29.4. The molecule has 8 aliphatic heterocycles. The summed E-state index contributed by atoms with van der Waals surface area (Å²) in [6.45, 7) is 20.3. The van der Waals surface area contributed by atoms with E-state index in [2.05, 4.69) is 247 Å². The molecular weight excluding hydrogens is 1750 g/mol. The summed E-state index contributed by atoms with van der Waals surface area (Å²) in [5.41, 5.74) is 20.6. The summed E-state index contributed by atoms with van der Waals surface area (Å²) in [5.74, 6) is 7.62. The van der Waals surface area contributed by atoms with E-state index in [1.165, 1.54) is 79.6 Å². The predicted octanol–water partition coefficient (Wildman–Crippen LogP) is 16.3. The average molecular weight is 1880 g/mol. The highest BCUT2D eigenvalue weighted by molar-refractivity contribution is 7.89. The maximum atomic E-state index is 13.6. The lowest BCUT2D eigenvalue weighted by molar-refractivity contribution is -0.0726. The number of rotatable bonds is 20. The Balaban J connectivity index is 0.000000127. The van der Waals surface area contributed by atoms with Crippen LogP contribution in [0.25, 0.3) is 33.4 Å². The van der Waals surface area contributed by atoms with Gasteiger partial charge in [0.2, 0.25) is 10.0 Å². The molecule has 3 aromatic heterocycles. The quantitative estimate of drug-likeness (QED) is 0.0676. The zero-order chi connectivity index (χ0) is 95.1. The first-order valence-corrected chi connectivity index (χ1v) is 51.7. The molecule has 8 fully saturated rings. The van der Waals surface area contributed by atoms with E-state index in [9.17, 15) is 31.8 Å². The van der Waals surface area contributed by atoms with Crippen molar-refractivity contribution in [2.75, 3.05) is 119 Å². The lowest BCUT2D eigenvalue weighted by Gasteiger charge is -2.57. The average Bonchev–Trinajstić information content (AvgIpc) is 1.27. The number of nitrogens with zero attached hydrogens (tertiary/aromatic N) is 13. The largest absolute Gasteiger partial charge is 0.395 e. The molecule has 714 valence electrons. The standard InChI is InChI=1S/C29H32N4O.C29H34N2O3S.C28H31N3O2.C27H34N4O3S/c1-34-21-28-29(26-13-11-24(12-14-26)10-9-23-7-3-2-4-8-23)27-20-32(15-5-6-16-33(27)28)19-25-17-30-22-31-18-25;1-21-8-7-10-25(18-21)23-12-14-24(15-13-23)29-26-19-30(16-5-6-17-31(26)27(29)20-32)35(33,34)28-11-4-3-9-22(28)2;1-20-5-4-6-24(17-20)21-7-9-22(10-8-21)27-25-18-30(28(33)23-11-13-29-14-12-23)15-2-3-16-31(25)26(27)19-32;1-20-7-6-8-23(15-20)21-9-11-22(12-10-21)27-24-16-30(35(32,33)26-17-29(2)19-28-26)13-4-5-14-31(24)25(27)18-34-3/h2-4,7-8,11-14,17-18,22,27-29H,5-6,15-16,19-21H2,1H3;3-4,7-15,18,26-27,29,32H,5-6,16-17,19-20H2,1-2H3;4-14,17,25-27,32H,2-3,15-16,18-19H2,1H3;6-12,15,17,19,24-25,27H,4-5,13-14,16,18H2,1-3H3/t27-,28-,29-;26-,27+,29-;25-,26-,27-;24-,25-,27-/m0010/s1. The number of imidazole rings is 1. The summed E-state index contributed by atoms with van der Waals surface area (Å²) in [6, 6.07) is 83.2. The van der Waals surface area contributed by atoms with Crippen molar-refractivity contribution in [3.63, 3.8) is 0 Å². The monoisotopic (exact) mass is 1880 g/mol. The Bertz CT molecular complexity index is 6300. The van der Waals surface area contributed by atoms with Crippen LogP contribution in [-0.4, -0.2) is 263 Å². The molecule has 137 heavy (non-hydrogen) atoms. The molecule has 2 N–H and O–H groups in total. The first-order chi connectivity index (χ1) is 66.7. The van der Waals surface area contributed by atoms with E-state index in [-0.39, 0.29) is 78.2 Å². The summed E-state index contributed by atoms with van der Waals surface area (Å²) in [6.07, 6.45) is 19.9. The van der Waals surface area contributed by atoms with Gasteiger partial charge in [0.05, 0.1) is 37.7 Å². The van der Waals surface area contributed by atoms with Crippen molar-refractivity contribution in [2.45, 2.75) is 168 Å². The van der Waals surface area contributed by atoms with Gasteiger partial charge in [-0.2, -0.15) is 8.61 Å². The number of hydrogen-bond acceptors (Lipinski definition) is 18. The minimum atomic E-state index is -3.64. The summed E-state index contributed by atoms with van der Waals surface area (Å²) in [5, 5.41) is 20.6. The minimum Gasteiger partial charge on any atom is -0.395 e. The number of carbonyl (C=O) groups excluding carboxylic acids is 1. The van der Waals surface area contributed by atoms with Crippen molar-refractivity contribution in [2.24, 2.45) is 7.05 Å². The van der Waals surface area contributed by atoms with Gasteiger partial charge in [-0.3, -0.25) is 34.3 Å². The van der Waals surface area contributed by atoms with Gasteiger partial charge < -0.3 is 29.2 Å². The van der Waals surface area contributed by atoms with E-state index >= 15 is 0 Å². The molecule has 12 atom stereocenters. The van der Waals surface area contributed by atoms with Crippen molar-refractivity contribution in [3.8, 4) is 45.2 Å². The second-order valence-corrected chi connectivity index (χ2v) is 42.0. The van der Waals surface area contributed by atoms with Crippen LogP contribution in [0.5, 0.6) is 0 Å². The molecule has 9 aromatic carbocycles. The van der Waals surface area contributed by atoms with Gasteiger partial charge in [-0.15, -0.1) is 0 Å². The van der Waals surface area contributed by atoms with Crippen LogP contribution >= 0.6 is 0 Å². The van der Waals surface area contributed by atoms with Crippen molar-refractivity contribution in [1.82, 2.24) is 62.5 Å². The number of aliphatic hydroxyl groups is 2. The van der Waals surface area contributed by atoms with E-state index < -0.39 is 20.0 Å². The van der Waals surface area contributed by atoms with Crippen LogP contribution in [0.15, 0.2) is 290 Å². The SMILES string of the molecule is COC[C@H]1[C@@H](c2ccc(-c3cccc(C)c3)cc2)[C@@H]2CN(S(=O)(=O)c3cn(C)cn3)CCCCN12.COC[C@H]1[C@@H](c2ccc(C#Cc3ccccc3)cc2)[C@@H]2CN(Cc3cncnc3)CCCCN12.Cc1cccc(-c2ccc([C@@H]3[C@@H](CO)N4CCCCN(S(=O)(=O)c5ccccc5C)C[C@@H]34)cc2)c1.Cc1cccc(-c2ccc([C@H]3[C@@H](CO)N4CCCCN(C(=O)c5ccncc5)C[C@H]34)cc2)c1. The van der Waals surface area contributed by atoms with Gasteiger partial charge in [0.15, 0.2) is 5.03 Å². The number of pyridine rings is 1. The van der Waals surface area contributed by atoms with Gasteiger partial charge in [0, 0.05) is 199 Å². The summed E-state index contributed by atoms with van der Waals surface area (Å²) < 4.78 is 70.4. The molecule has 1 amide bonds. The maximum absolute atomic E-state index is 13.6. The molecule has 0 spiro atoms. The van der Waals surface area contributed by atoms with Crippen LogP contribution in [0.4, 0.5) is 0 Å². The highest BCUT2D eigenvalue weighted by Crippen LogP contribution is 2.48. The maximum Gasteiger partial charge on any atom is 0.262 e. The van der Waals surface area contributed by atoms with Crippen LogP contribution in [0.2, 0.25) is 0 Å². The Hall–Kier alpha value is -11.1. The number of benzene rings is 9. The Morgan fingerprint density at radius 1 is 0.416 bits per heavy atom.